The molecule has 0 spiro atoms. The van der Waals surface area contributed by atoms with Crippen LogP contribution in [-0.2, 0) is 0 Å². The van der Waals surface area contributed by atoms with Gasteiger partial charge in [-0.2, -0.15) is 0 Å². The Hall–Kier alpha value is -0.500. The van der Waals surface area contributed by atoms with Gasteiger partial charge in [-0.3, -0.25) is 0 Å². The molecule has 56 valence electrons. The second-order valence-electron chi connectivity index (χ2n) is 3.15. The minimum Gasteiger partial charge on any atom is -0.373 e. The van der Waals surface area contributed by atoms with Crippen LogP contribution in [0.1, 0.15) is 32.1 Å². The summed E-state index contributed by atoms with van der Waals surface area (Å²) in [5.74, 6) is 0. The first kappa shape index (κ1) is 6.23. The van der Waals surface area contributed by atoms with Crippen LogP contribution in [0.4, 0.5) is 0 Å². The molecule has 0 amide bonds. The molecule has 0 radical (unpaired) electrons. The van der Waals surface area contributed by atoms with Crippen molar-refractivity contribution in [2.45, 2.75) is 38.3 Å². The van der Waals surface area contributed by atoms with Crippen molar-refractivity contribution in [2.75, 3.05) is 0 Å². The molecular weight excluding hydrogens is 126 g/mol. The van der Waals surface area contributed by atoms with Crippen LogP contribution in [-0.4, -0.2) is 11.3 Å². The molecule has 0 aromatic heterocycles. The summed E-state index contributed by atoms with van der Waals surface area (Å²) in [6, 6.07) is 0. The summed E-state index contributed by atoms with van der Waals surface area (Å²) in [6.07, 6.45) is 5.57. The summed E-state index contributed by atoms with van der Waals surface area (Å²) in [5, 5.41) is 12.3. The predicted octanol–water partition coefficient (Wildman–Crippen LogP) is 1.13. The Balaban J connectivity index is 2.13. The molecule has 2 nitrogen and oxygen atoms in total. The highest BCUT2D eigenvalue weighted by Crippen LogP contribution is 2.30. The Morgan fingerprint density at radius 1 is 1.30 bits per heavy atom. The van der Waals surface area contributed by atoms with Gasteiger partial charge in [0, 0.05) is 12.1 Å². The van der Waals surface area contributed by atoms with E-state index in [4.69, 9.17) is 0 Å². The van der Waals surface area contributed by atoms with Crippen molar-refractivity contribution in [3.63, 3.8) is 0 Å². The molecule has 0 saturated carbocycles. The second-order valence-corrected chi connectivity index (χ2v) is 3.15. The minimum absolute atomic E-state index is 0.275. The Kier molecular flexibility index (Phi) is 1.42. The van der Waals surface area contributed by atoms with Gasteiger partial charge in [-0.15, -0.1) is 0 Å². The van der Waals surface area contributed by atoms with E-state index in [0.717, 1.165) is 12.8 Å². The SMILES string of the molecule is OC1CC2=C(CCCC2)N1. The van der Waals surface area contributed by atoms with Crippen molar-refractivity contribution >= 4 is 0 Å². The number of hydrogen-bond acceptors (Lipinski definition) is 2. The normalized spacial score (nSPS) is 31.9. The van der Waals surface area contributed by atoms with Crippen LogP contribution in [0.3, 0.4) is 0 Å². The first-order valence-corrected chi connectivity index (χ1v) is 4.02. The van der Waals surface area contributed by atoms with Crippen molar-refractivity contribution in [2.24, 2.45) is 0 Å². The van der Waals surface area contributed by atoms with Crippen molar-refractivity contribution < 1.29 is 5.11 Å². The standard InChI is InChI=1S/C8H13NO/c10-8-5-6-3-1-2-4-7(6)9-8/h8-10H,1-5H2. The monoisotopic (exact) mass is 139 g/mol. The molecule has 2 aliphatic rings. The third-order valence-electron chi connectivity index (χ3n) is 2.36. The molecule has 1 unspecified atom stereocenters. The largest absolute Gasteiger partial charge is 0.373 e. The third kappa shape index (κ3) is 0.926. The minimum atomic E-state index is -0.275. The van der Waals surface area contributed by atoms with Crippen molar-refractivity contribution in [3.8, 4) is 0 Å². The number of aliphatic hydroxyl groups is 1. The van der Waals surface area contributed by atoms with Crippen molar-refractivity contribution in [3.05, 3.63) is 11.3 Å². The van der Waals surface area contributed by atoms with E-state index in [9.17, 15) is 5.11 Å². The summed E-state index contributed by atoms with van der Waals surface area (Å²) < 4.78 is 0. The summed E-state index contributed by atoms with van der Waals surface area (Å²) in [4.78, 5) is 0. The van der Waals surface area contributed by atoms with Gasteiger partial charge in [-0.1, -0.05) is 0 Å². The molecule has 0 bridgehead atoms. The summed E-state index contributed by atoms with van der Waals surface area (Å²) in [6.45, 7) is 0. The van der Waals surface area contributed by atoms with Crippen LogP contribution in [0.5, 0.6) is 0 Å². The molecule has 1 atom stereocenters. The van der Waals surface area contributed by atoms with E-state index in [2.05, 4.69) is 5.32 Å². The zero-order valence-corrected chi connectivity index (χ0v) is 6.06. The Morgan fingerprint density at radius 3 is 2.90 bits per heavy atom. The van der Waals surface area contributed by atoms with E-state index >= 15 is 0 Å². The van der Waals surface area contributed by atoms with Gasteiger partial charge in [0.15, 0.2) is 0 Å². The Bertz CT molecular complexity index is 156. The van der Waals surface area contributed by atoms with Gasteiger partial charge in [0.1, 0.15) is 6.23 Å². The van der Waals surface area contributed by atoms with Crippen LogP contribution < -0.4 is 5.32 Å². The number of allylic oxidation sites excluding steroid dienone is 1. The number of aliphatic hydroxyl groups excluding tert-OH is 1. The molecule has 10 heavy (non-hydrogen) atoms. The van der Waals surface area contributed by atoms with Crippen LogP contribution in [0.25, 0.3) is 0 Å². The topological polar surface area (TPSA) is 32.3 Å². The van der Waals surface area contributed by atoms with Gasteiger partial charge in [-0.25, -0.2) is 0 Å². The highest BCUT2D eigenvalue weighted by atomic mass is 16.3. The Morgan fingerprint density at radius 2 is 2.10 bits per heavy atom. The average Bonchev–Trinajstić information content (AvgIpc) is 2.27. The molecule has 1 heterocycles. The second kappa shape index (κ2) is 2.27. The van der Waals surface area contributed by atoms with E-state index in [-0.39, 0.29) is 6.23 Å². The number of rotatable bonds is 0. The van der Waals surface area contributed by atoms with Crippen LogP contribution in [0.15, 0.2) is 11.3 Å². The zero-order chi connectivity index (χ0) is 6.97. The Labute approximate surface area is 60.9 Å². The van der Waals surface area contributed by atoms with E-state index in [0.29, 0.717) is 0 Å². The van der Waals surface area contributed by atoms with Gasteiger partial charge in [0.05, 0.1) is 0 Å². The molecule has 0 fully saturated rings. The zero-order valence-electron chi connectivity index (χ0n) is 6.06. The maximum atomic E-state index is 9.21. The van der Waals surface area contributed by atoms with Crippen LogP contribution in [0.2, 0.25) is 0 Å². The van der Waals surface area contributed by atoms with Crippen molar-refractivity contribution in [1.82, 2.24) is 5.32 Å². The van der Waals surface area contributed by atoms with Crippen LogP contribution in [0, 0.1) is 0 Å². The fourth-order valence-electron chi connectivity index (χ4n) is 1.85. The first-order chi connectivity index (χ1) is 4.86. The molecule has 2 rings (SSSR count). The lowest BCUT2D eigenvalue weighted by molar-refractivity contribution is 0.161. The van der Waals surface area contributed by atoms with E-state index in [1.807, 2.05) is 0 Å². The predicted molar refractivity (Wildman–Crippen MR) is 39.3 cm³/mol. The molecule has 2 N–H and O–H groups in total. The molecule has 1 aliphatic carbocycles. The van der Waals surface area contributed by atoms with Gasteiger partial charge >= 0.3 is 0 Å². The smallest absolute Gasteiger partial charge is 0.128 e. The van der Waals surface area contributed by atoms with Gasteiger partial charge in [0.2, 0.25) is 0 Å². The molecule has 0 saturated heterocycles. The van der Waals surface area contributed by atoms with E-state index in [1.54, 1.807) is 0 Å². The summed E-state index contributed by atoms with van der Waals surface area (Å²) >= 11 is 0. The van der Waals surface area contributed by atoms with Gasteiger partial charge in [-0.05, 0) is 31.3 Å². The van der Waals surface area contributed by atoms with Crippen LogP contribution >= 0.6 is 0 Å². The highest BCUT2D eigenvalue weighted by molar-refractivity contribution is 5.21. The molecule has 2 heteroatoms. The lowest BCUT2D eigenvalue weighted by atomic mass is 9.97. The molecule has 1 aliphatic heterocycles. The maximum Gasteiger partial charge on any atom is 0.128 e. The van der Waals surface area contributed by atoms with Gasteiger partial charge in [0.25, 0.3) is 0 Å². The lowest BCUT2D eigenvalue weighted by Gasteiger charge is -2.12. The molecule has 0 aromatic rings. The van der Waals surface area contributed by atoms with Crippen molar-refractivity contribution in [1.29, 1.82) is 0 Å². The fraction of sp³-hybridized carbons (Fsp3) is 0.750. The quantitative estimate of drug-likeness (QED) is 0.527. The molecular formula is C8H13NO. The summed E-state index contributed by atoms with van der Waals surface area (Å²) in [7, 11) is 0. The van der Waals surface area contributed by atoms with E-state index in [1.165, 1.54) is 30.5 Å². The summed E-state index contributed by atoms with van der Waals surface area (Å²) in [5.41, 5.74) is 2.80. The van der Waals surface area contributed by atoms with Gasteiger partial charge < -0.3 is 10.4 Å². The van der Waals surface area contributed by atoms with E-state index < -0.39 is 0 Å². The third-order valence-corrected chi connectivity index (χ3v) is 2.36. The molecule has 0 aromatic carbocycles. The first-order valence-electron chi connectivity index (χ1n) is 4.02. The number of hydrogen-bond donors (Lipinski definition) is 2. The maximum absolute atomic E-state index is 9.21. The fourth-order valence-corrected chi connectivity index (χ4v) is 1.85. The number of nitrogens with one attached hydrogen (secondary N) is 1. The lowest BCUT2D eigenvalue weighted by Crippen LogP contribution is -2.21. The highest BCUT2D eigenvalue weighted by Gasteiger charge is 2.22. The average molecular weight is 139 g/mol.